The van der Waals surface area contributed by atoms with Crippen LogP contribution >= 0.6 is 22.6 Å². The molecule has 0 radical (unpaired) electrons. The monoisotopic (exact) mass is 406 g/mol. The Kier molecular flexibility index (Phi) is 7.43. The van der Waals surface area contributed by atoms with E-state index in [2.05, 4.69) is 15.5 Å². The first-order chi connectivity index (χ1) is 10.0. The molecule has 0 aromatic carbocycles. The Morgan fingerprint density at radius 3 is 2.81 bits per heavy atom. The summed E-state index contributed by atoms with van der Waals surface area (Å²) in [4.78, 5) is 23.1. The van der Waals surface area contributed by atoms with Crippen molar-refractivity contribution in [3.05, 3.63) is 28.0 Å². The molecule has 2 amide bonds. The number of carboxylic acid groups (broad SMARTS) is 1. The van der Waals surface area contributed by atoms with Crippen molar-refractivity contribution in [1.29, 1.82) is 0 Å². The van der Waals surface area contributed by atoms with Crippen LogP contribution in [0.3, 0.4) is 0 Å². The molecule has 1 aromatic heterocycles. The quantitative estimate of drug-likeness (QED) is 0.512. The second-order valence-corrected chi connectivity index (χ2v) is 4.89. The molecular weight excluding hydrogens is 391 g/mol. The molecular formula is C12H15IN4O4. The number of hydrogen-bond donors (Lipinski definition) is 2. The molecule has 21 heavy (non-hydrogen) atoms. The zero-order valence-corrected chi connectivity index (χ0v) is 13.5. The van der Waals surface area contributed by atoms with E-state index in [-0.39, 0.29) is 25.6 Å². The van der Waals surface area contributed by atoms with Crippen molar-refractivity contribution in [2.24, 2.45) is 0 Å². The number of halogens is 1. The van der Waals surface area contributed by atoms with E-state index in [1.807, 2.05) is 22.6 Å². The van der Waals surface area contributed by atoms with Gasteiger partial charge in [0.2, 0.25) is 11.8 Å². The van der Waals surface area contributed by atoms with Crippen LogP contribution in [0.2, 0.25) is 0 Å². The van der Waals surface area contributed by atoms with Crippen molar-refractivity contribution >= 4 is 34.6 Å². The minimum absolute atomic E-state index is 0.102. The molecule has 1 rings (SSSR count). The van der Waals surface area contributed by atoms with Gasteiger partial charge in [0.05, 0.1) is 6.54 Å². The average molecular weight is 406 g/mol. The van der Waals surface area contributed by atoms with Crippen LogP contribution in [-0.2, 0) is 4.79 Å². The van der Waals surface area contributed by atoms with Gasteiger partial charge in [0.25, 0.3) is 0 Å². The lowest BCUT2D eigenvalue weighted by atomic mass is 10.4. The molecule has 0 aliphatic rings. The molecule has 1 heterocycles. The Morgan fingerprint density at radius 2 is 2.24 bits per heavy atom. The normalized spacial score (nSPS) is 10.4. The van der Waals surface area contributed by atoms with Crippen LogP contribution < -0.4 is 10.1 Å². The molecule has 0 bridgehead atoms. The van der Waals surface area contributed by atoms with Crippen LogP contribution in [-0.4, -0.2) is 58.9 Å². The second kappa shape index (κ2) is 9.10. The van der Waals surface area contributed by atoms with Gasteiger partial charge in [-0.15, -0.1) is 10.2 Å². The number of carbonyl (C=O) groups excluding carboxylic acids is 1. The Bertz CT molecular complexity index is 506. The van der Waals surface area contributed by atoms with Gasteiger partial charge in [0, 0.05) is 25.7 Å². The molecule has 0 saturated heterocycles. The van der Waals surface area contributed by atoms with E-state index in [1.54, 1.807) is 12.1 Å². The molecule has 0 aliphatic heterocycles. The van der Waals surface area contributed by atoms with Gasteiger partial charge in [-0.05, 0) is 28.7 Å². The summed E-state index contributed by atoms with van der Waals surface area (Å²) in [6.45, 7) is 0.404. The Balaban J connectivity index is 2.40. The highest BCUT2D eigenvalue weighted by Gasteiger charge is 2.10. The summed E-state index contributed by atoms with van der Waals surface area (Å²) in [7, 11) is 1.50. The van der Waals surface area contributed by atoms with E-state index < -0.39 is 6.09 Å². The van der Waals surface area contributed by atoms with Crippen molar-refractivity contribution in [2.45, 2.75) is 0 Å². The smallest absolute Gasteiger partial charge is 0.407 e. The molecule has 0 unspecified atom stereocenters. The molecule has 0 saturated carbocycles. The highest BCUT2D eigenvalue weighted by molar-refractivity contribution is 14.1. The third-order valence-electron chi connectivity index (χ3n) is 2.33. The summed E-state index contributed by atoms with van der Waals surface area (Å²) in [6.07, 6.45) is 1.66. The third-order valence-corrected chi connectivity index (χ3v) is 2.91. The van der Waals surface area contributed by atoms with Gasteiger partial charge in [-0.3, -0.25) is 4.79 Å². The molecule has 2 N–H and O–H groups in total. The van der Waals surface area contributed by atoms with Crippen LogP contribution in [0.25, 0.3) is 0 Å². The maximum absolute atomic E-state index is 11.0. The molecule has 1 aromatic rings. The van der Waals surface area contributed by atoms with Crippen molar-refractivity contribution in [3.8, 4) is 5.88 Å². The number of rotatable bonds is 7. The summed E-state index contributed by atoms with van der Waals surface area (Å²) in [6, 6.07) is 3.40. The summed E-state index contributed by atoms with van der Waals surface area (Å²) in [5.41, 5.74) is 0. The predicted octanol–water partition coefficient (Wildman–Crippen LogP) is 0.742. The van der Waals surface area contributed by atoms with E-state index in [4.69, 9.17) is 9.84 Å². The van der Waals surface area contributed by atoms with Gasteiger partial charge in [-0.25, -0.2) is 4.79 Å². The first-order valence-electron chi connectivity index (χ1n) is 6.01. The lowest BCUT2D eigenvalue weighted by molar-refractivity contribution is -0.116. The van der Waals surface area contributed by atoms with Crippen LogP contribution in [0.5, 0.6) is 5.88 Å². The summed E-state index contributed by atoms with van der Waals surface area (Å²) in [5, 5.41) is 19.1. The molecule has 0 spiro atoms. The summed E-state index contributed by atoms with van der Waals surface area (Å²) < 4.78 is 6.05. The predicted molar refractivity (Wildman–Crippen MR) is 83.0 cm³/mol. The Labute approximate surface area is 135 Å². The number of hydrogen-bond acceptors (Lipinski definition) is 5. The van der Waals surface area contributed by atoms with Crippen LogP contribution in [0.4, 0.5) is 4.79 Å². The lowest BCUT2D eigenvalue weighted by Crippen LogP contribution is -2.33. The fourth-order valence-electron chi connectivity index (χ4n) is 1.28. The van der Waals surface area contributed by atoms with Crippen molar-refractivity contribution in [3.63, 3.8) is 0 Å². The van der Waals surface area contributed by atoms with E-state index in [0.29, 0.717) is 5.88 Å². The highest BCUT2D eigenvalue weighted by atomic mass is 127. The fourth-order valence-corrected chi connectivity index (χ4v) is 1.56. The number of nitrogens with one attached hydrogen (secondary N) is 1. The number of ether oxygens (including phenoxy) is 1. The van der Waals surface area contributed by atoms with Gasteiger partial charge in [0.15, 0.2) is 0 Å². The van der Waals surface area contributed by atoms with Gasteiger partial charge < -0.3 is 20.1 Å². The molecule has 114 valence electrons. The van der Waals surface area contributed by atoms with E-state index in [0.717, 1.165) is 8.60 Å². The van der Waals surface area contributed by atoms with E-state index in [1.165, 1.54) is 19.2 Å². The first kappa shape index (κ1) is 17.1. The number of aromatic nitrogens is 2. The molecule has 0 fully saturated rings. The summed E-state index contributed by atoms with van der Waals surface area (Å²) >= 11 is 2.02. The highest BCUT2D eigenvalue weighted by Crippen LogP contribution is 2.06. The average Bonchev–Trinajstić information content (AvgIpc) is 2.47. The minimum Gasteiger partial charge on any atom is -0.475 e. The van der Waals surface area contributed by atoms with Crippen LogP contribution in [0.15, 0.2) is 24.3 Å². The fraction of sp³-hybridized carbons (Fsp3) is 0.333. The second-order valence-electron chi connectivity index (χ2n) is 3.79. The van der Waals surface area contributed by atoms with Crippen molar-refractivity contribution < 1.29 is 19.4 Å². The molecule has 0 aliphatic carbocycles. The van der Waals surface area contributed by atoms with Gasteiger partial charge in [0.1, 0.15) is 10.3 Å². The van der Waals surface area contributed by atoms with Gasteiger partial charge >= 0.3 is 6.09 Å². The largest absolute Gasteiger partial charge is 0.475 e. The molecule has 8 nitrogen and oxygen atoms in total. The van der Waals surface area contributed by atoms with Crippen LogP contribution in [0.1, 0.15) is 0 Å². The van der Waals surface area contributed by atoms with Gasteiger partial charge in [-0.2, -0.15) is 0 Å². The SMILES string of the molecule is CNC(=O)C=CCN(CCOc1ccc(I)nn1)C(=O)O. The molecule has 9 heteroatoms. The summed E-state index contributed by atoms with van der Waals surface area (Å²) in [5.74, 6) is 0.0485. The lowest BCUT2D eigenvalue weighted by Gasteiger charge is -2.17. The van der Waals surface area contributed by atoms with Crippen molar-refractivity contribution in [2.75, 3.05) is 26.7 Å². The van der Waals surface area contributed by atoms with E-state index >= 15 is 0 Å². The zero-order chi connectivity index (χ0) is 15.7. The Hall–Kier alpha value is -1.91. The topological polar surface area (TPSA) is 105 Å². The number of nitrogens with zero attached hydrogens (tertiary/aromatic N) is 3. The van der Waals surface area contributed by atoms with Crippen molar-refractivity contribution in [1.82, 2.24) is 20.4 Å². The van der Waals surface area contributed by atoms with Crippen LogP contribution in [0, 0.1) is 3.70 Å². The Morgan fingerprint density at radius 1 is 1.48 bits per heavy atom. The first-order valence-corrected chi connectivity index (χ1v) is 7.09. The third kappa shape index (κ3) is 6.88. The maximum atomic E-state index is 11.0. The number of likely N-dealkylation sites (N-methyl/N-ethyl adjacent to an activating group) is 1. The zero-order valence-electron chi connectivity index (χ0n) is 11.3. The molecule has 0 atom stereocenters. The maximum Gasteiger partial charge on any atom is 0.407 e. The van der Waals surface area contributed by atoms with Gasteiger partial charge in [-0.1, -0.05) is 6.08 Å². The minimum atomic E-state index is -1.09. The number of amides is 2. The van der Waals surface area contributed by atoms with E-state index in [9.17, 15) is 9.59 Å². The standard InChI is InChI=1S/C12H15IN4O4/c1-14-10(18)3-2-6-17(12(19)20)7-8-21-11-5-4-9(13)15-16-11/h2-5H,6-8H2,1H3,(H,14,18)(H,19,20). The number of carbonyl (C=O) groups is 2.